The van der Waals surface area contributed by atoms with Crippen LogP contribution in [0, 0.1) is 12.8 Å². The molecule has 0 radical (unpaired) electrons. The first kappa shape index (κ1) is 15.4. The van der Waals surface area contributed by atoms with Crippen LogP contribution in [0.2, 0.25) is 0 Å². The summed E-state index contributed by atoms with van der Waals surface area (Å²) in [6.07, 6.45) is 1.15. The van der Waals surface area contributed by atoms with Gasteiger partial charge in [-0.3, -0.25) is 14.1 Å². The number of nitrogens with two attached hydrogens (primary N) is 1. The van der Waals surface area contributed by atoms with Crippen LogP contribution < -0.4 is 11.3 Å². The molecule has 110 valence electrons. The van der Waals surface area contributed by atoms with Crippen LogP contribution in [-0.2, 0) is 6.54 Å². The molecule has 0 bridgehead atoms. The average Bonchev–Trinajstić information content (AvgIpc) is 2.97. The minimum Gasteiger partial charge on any atom is -0.330 e. The third-order valence-corrected chi connectivity index (χ3v) is 4.66. The molecule has 0 aliphatic carbocycles. The fourth-order valence-electron chi connectivity index (χ4n) is 2.66. The number of aromatic nitrogens is 2. The van der Waals surface area contributed by atoms with Gasteiger partial charge in [0.15, 0.2) is 4.96 Å². The molecule has 0 aromatic carbocycles. The van der Waals surface area contributed by atoms with E-state index in [1.165, 1.54) is 11.3 Å². The molecule has 1 saturated heterocycles. The van der Waals surface area contributed by atoms with Crippen LogP contribution in [0.3, 0.4) is 0 Å². The van der Waals surface area contributed by atoms with Gasteiger partial charge in [0.25, 0.3) is 5.56 Å². The number of thiazole rings is 1. The maximum atomic E-state index is 12.1. The molecule has 20 heavy (non-hydrogen) atoms. The summed E-state index contributed by atoms with van der Waals surface area (Å²) in [5, 5.41) is 1.97. The van der Waals surface area contributed by atoms with Crippen LogP contribution in [0.25, 0.3) is 4.96 Å². The van der Waals surface area contributed by atoms with Crippen LogP contribution in [0.5, 0.6) is 0 Å². The van der Waals surface area contributed by atoms with Crippen molar-refractivity contribution < 1.29 is 0 Å². The predicted molar refractivity (Wildman–Crippen MR) is 83.8 cm³/mol. The van der Waals surface area contributed by atoms with Gasteiger partial charge in [0, 0.05) is 30.2 Å². The summed E-state index contributed by atoms with van der Waals surface area (Å²) in [5.74, 6) is 0.591. The number of hydrogen-bond donors (Lipinski definition) is 1. The summed E-state index contributed by atoms with van der Waals surface area (Å²) in [6.45, 7) is 5.49. The monoisotopic (exact) mass is 314 g/mol. The van der Waals surface area contributed by atoms with Gasteiger partial charge < -0.3 is 5.73 Å². The van der Waals surface area contributed by atoms with Crippen molar-refractivity contribution in [3.05, 3.63) is 33.2 Å². The molecule has 3 heterocycles. The Morgan fingerprint density at radius 1 is 1.55 bits per heavy atom. The van der Waals surface area contributed by atoms with E-state index in [1.54, 1.807) is 10.5 Å². The van der Waals surface area contributed by atoms with Crippen LogP contribution in [0.1, 0.15) is 17.8 Å². The zero-order valence-corrected chi connectivity index (χ0v) is 13.0. The van der Waals surface area contributed by atoms with Crippen molar-refractivity contribution in [2.75, 3.05) is 19.6 Å². The zero-order valence-electron chi connectivity index (χ0n) is 11.4. The second kappa shape index (κ2) is 6.22. The van der Waals surface area contributed by atoms with Crippen LogP contribution >= 0.6 is 23.7 Å². The van der Waals surface area contributed by atoms with Crippen LogP contribution in [0.15, 0.2) is 16.2 Å². The van der Waals surface area contributed by atoms with E-state index < -0.39 is 0 Å². The summed E-state index contributed by atoms with van der Waals surface area (Å²) < 4.78 is 1.67. The quantitative estimate of drug-likeness (QED) is 0.926. The molecule has 0 amide bonds. The molecule has 2 aromatic rings. The second-order valence-corrected chi connectivity index (χ2v) is 6.04. The van der Waals surface area contributed by atoms with E-state index >= 15 is 0 Å². The molecule has 1 aliphatic rings. The van der Waals surface area contributed by atoms with Gasteiger partial charge in [-0.15, -0.1) is 23.7 Å². The molecule has 3 rings (SSSR count). The fraction of sp³-hybridized carbons (Fsp3) is 0.538. The Kier molecular flexibility index (Phi) is 4.80. The van der Waals surface area contributed by atoms with E-state index in [0.717, 1.165) is 48.9 Å². The lowest BCUT2D eigenvalue weighted by atomic mass is 10.1. The zero-order chi connectivity index (χ0) is 13.4. The normalized spacial score (nSPS) is 19.4. The van der Waals surface area contributed by atoms with Gasteiger partial charge in [-0.2, -0.15) is 0 Å². The Labute approximate surface area is 127 Å². The first-order valence-corrected chi connectivity index (χ1v) is 7.44. The first-order chi connectivity index (χ1) is 9.17. The van der Waals surface area contributed by atoms with Gasteiger partial charge in [-0.25, -0.2) is 4.98 Å². The molecule has 0 spiro atoms. The standard InChI is InChI=1S/C13H18N4OS.ClH/c1-9-8-19-13-15-11(4-12(18)17(9)13)7-16-3-2-10(5-14)6-16;/h4,8,10H,2-3,5-7,14H2,1H3;1H. The van der Waals surface area contributed by atoms with E-state index in [0.29, 0.717) is 5.92 Å². The Morgan fingerprint density at radius 3 is 3.05 bits per heavy atom. The Hall–Kier alpha value is -0.950. The number of likely N-dealkylation sites (tertiary alicyclic amines) is 1. The molecule has 5 nitrogen and oxygen atoms in total. The van der Waals surface area contributed by atoms with Gasteiger partial charge in [0.1, 0.15) is 0 Å². The minimum atomic E-state index is 0. The molecule has 1 aliphatic heterocycles. The number of hydrogen-bond acceptors (Lipinski definition) is 5. The molecule has 2 aromatic heterocycles. The topological polar surface area (TPSA) is 63.6 Å². The van der Waals surface area contributed by atoms with Crippen LogP contribution in [-0.4, -0.2) is 33.9 Å². The third kappa shape index (κ3) is 2.88. The van der Waals surface area contributed by atoms with E-state index in [9.17, 15) is 4.79 Å². The molecule has 1 fully saturated rings. The maximum Gasteiger partial charge on any atom is 0.259 e. The molecule has 1 unspecified atom stereocenters. The highest BCUT2D eigenvalue weighted by molar-refractivity contribution is 7.15. The largest absolute Gasteiger partial charge is 0.330 e. The number of fused-ring (bicyclic) bond motifs is 1. The fourth-order valence-corrected chi connectivity index (χ4v) is 3.55. The summed E-state index contributed by atoms with van der Waals surface area (Å²) in [5.41, 5.74) is 7.54. The van der Waals surface area contributed by atoms with Crippen molar-refractivity contribution in [2.24, 2.45) is 11.7 Å². The molecule has 7 heteroatoms. The smallest absolute Gasteiger partial charge is 0.259 e. The first-order valence-electron chi connectivity index (χ1n) is 6.56. The molecule has 1 atom stereocenters. The van der Waals surface area contributed by atoms with Crippen molar-refractivity contribution in [3.63, 3.8) is 0 Å². The van der Waals surface area contributed by atoms with E-state index in [-0.39, 0.29) is 18.0 Å². The molecule has 0 saturated carbocycles. The Bertz CT molecular complexity index is 653. The van der Waals surface area contributed by atoms with Gasteiger partial charge >= 0.3 is 0 Å². The number of rotatable bonds is 3. The highest BCUT2D eigenvalue weighted by atomic mass is 35.5. The highest BCUT2D eigenvalue weighted by Crippen LogP contribution is 2.17. The van der Waals surface area contributed by atoms with E-state index in [2.05, 4.69) is 9.88 Å². The minimum absolute atomic E-state index is 0. The Balaban J connectivity index is 0.00000147. The molecular formula is C13H19ClN4OS. The number of nitrogens with zero attached hydrogens (tertiary/aromatic N) is 3. The lowest BCUT2D eigenvalue weighted by Gasteiger charge is -2.14. The lowest BCUT2D eigenvalue weighted by Crippen LogP contribution is -2.25. The summed E-state index contributed by atoms with van der Waals surface area (Å²) in [6, 6.07) is 1.66. The average molecular weight is 315 g/mol. The van der Waals surface area contributed by atoms with Gasteiger partial charge in [-0.05, 0) is 32.4 Å². The van der Waals surface area contributed by atoms with Gasteiger partial charge in [-0.1, -0.05) is 0 Å². The SMILES string of the molecule is Cc1csc2nc(CN3CCC(CN)C3)cc(=O)n12.Cl. The summed E-state index contributed by atoms with van der Waals surface area (Å²) >= 11 is 1.52. The van der Waals surface area contributed by atoms with Crippen molar-refractivity contribution in [2.45, 2.75) is 19.9 Å². The van der Waals surface area contributed by atoms with Crippen molar-refractivity contribution in [1.29, 1.82) is 0 Å². The van der Waals surface area contributed by atoms with Crippen LogP contribution in [0.4, 0.5) is 0 Å². The highest BCUT2D eigenvalue weighted by Gasteiger charge is 2.21. The van der Waals surface area contributed by atoms with Crippen molar-refractivity contribution >= 4 is 28.7 Å². The van der Waals surface area contributed by atoms with Gasteiger partial charge in [0.05, 0.1) is 5.69 Å². The predicted octanol–water partition coefficient (Wildman–Crippen LogP) is 1.27. The van der Waals surface area contributed by atoms with Crippen molar-refractivity contribution in [3.8, 4) is 0 Å². The second-order valence-electron chi connectivity index (χ2n) is 5.21. The van der Waals surface area contributed by atoms with Crippen molar-refractivity contribution in [1.82, 2.24) is 14.3 Å². The number of halogens is 1. The van der Waals surface area contributed by atoms with E-state index in [4.69, 9.17) is 5.73 Å². The summed E-state index contributed by atoms with van der Waals surface area (Å²) in [4.78, 5) is 19.8. The van der Waals surface area contributed by atoms with E-state index in [1.807, 2.05) is 12.3 Å². The summed E-state index contributed by atoms with van der Waals surface area (Å²) in [7, 11) is 0. The maximum absolute atomic E-state index is 12.1. The molecule has 2 N–H and O–H groups in total. The lowest BCUT2D eigenvalue weighted by molar-refractivity contribution is 0.314. The third-order valence-electron chi connectivity index (χ3n) is 3.72. The molecular weight excluding hydrogens is 296 g/mol. The van der Waals surface area contributed by atoms with Gasteiger partial charge in [0.2, 0.25) is 0 Å². The number of aryl methyl sites for hydroxylation is 1. The Morgan fingerprint density at radius 2 is 2.35 bits per heavy atom.